The van der Waals surface area contributed by atoms with Crippen molar-refractivity contribution in [2.24, 2.45) is 0 Å². The smallest absolute Gasteiger partial charge is 0.177 e. The Morgan fingerprint density at radius 1 is 0.926 bits per heavy atom. The van der Waals surface area contributed by atoms with E-state index in [0.29, 0.717) is 12.2 Å². The zero-order chi connectivity index (χ0) is 19.7. The molecule has 0 unspecified atom stereocenters. The molecular weight excluding hydrogens is 384 g/mol. The molecule has 0 aliphatic carbocycles. The van der Waals surface area contributed by atoms with Gasteiger partial charge in [0.2, 0.25) is 0 Å². The van der Waals surface area contributed by atoms with Gasteiger partial charge < -0.3 is 10.2 Å². The number of nitrogens with zero attached hydrogens (tertiary/aromatic N) is 1. The Balaban J connectivity index is 1.91. The Morgan fingerprint density at radius 2 is 1.59 bits per heavy atom. The van der Waals surface area contributed by atoms with Crippen LogP contribution in [0.5, 0.6) is 0 Å². The van der Waals surface area contributed by atoms with E-state index in [2.05, 4.69) is 16.3 Å². The highest BCUT2D eigenvalue weighted by atomic mass is 32.2. The lowest BCUT2D eigenvalue weighted by atomic mass is 10.1. The van der Waals surface area contributed by atoms with Gasteiger partial charge in [0.1, 0.15) is 0 Å². The lowest BCUT2D eigenvalue weighted by Gasteiger charge is -2.22. The normalized spacial score (nSPS) is 15.1. The van der Waals surface area contributed by atoms with Crippen LogP contribution >= 0.6 is 0 Å². The van der Waals surface area contributed by atoms with Gasteiger partial charge in [0.25, 0.3) is 0 Å². The van der Waals surface area contributed by atoms with Crippen LogP contribution in [0.3, 0.4) is 0 Å². The first-order valence-corrected chi connectivity index (χ1v) is 12.6. The topological polar surface area (TPSA) is 83.6 Å². The summed E-state index contributed by atoms with van der Waals surface area (Å²) < 4.78 is 47.9. The first-order valence-electron chi connectivity index (χ1n) is 8.77. The van der Waals surface area contributed by atoms with E-state index in [1.165, 1.54) is 31.0 Å². The lowest BCUT2D eigenvalue weighted by molar-refractivity contribution is 0.600. The Hall–Kier alpha value is -2.06. The van der Waals surface area contributed by atoms with E-state index in [-0.39, 0.29) is 9.79 Å². The molecule has 0 aromatic heterocycles. The van der Waals surface area contributed by atoms with Crippen molar-refractivity contribution in [2.45, 2.75) is 29.2 Å². The minimum atomic E-state index is -3.58. The number of para-hydroxylation sites is 1. The van der Waals surface area contributed by atoms with E-state index in [0.717, 1.165) is 36.9 Å². The minimum absolute atomic E-state index is 0.00839. The monoisotopic (exact) mass is 408 g/mol. The molecule has 3 rings (SSSR count). The zero-order valence-electron chi connectivity index (χ0n) is 15.5. The summed E-state index contributed by atoms with van der Waals surface area (Å²) in [7, 11) is -7.07. The molecule has 1 heterocycles. The standard InChI is InChI=1S/C19H24N2O4S2/c1-26(22,23)16-9-10-17(19(13-16)27(2,24)25)20-14-15-7-3-4-8-18(15)21-11-5-6-12-21/h3-4,7-10,13,20H,5-6,11-12,14H2,1-2H3. The highest BCUT2D eigenvalue weighted by Gasteiger charge is 2.19. The predicted molar refractivity (Wildman–Crippen MR) is 108 cm³/mol. The van der Waals surface area contributed by atoms with E-state index < -0.39 is 19.7 Å². The van der Waals surface area contributed by atoms with E-state index >= 15 is 0 Å². The second kappa shape index (κ2) is 7.52. The van der Waals surface area contributed by atoms with Gasteiger partial charge in [-0.25, -0.2) is 16.8 Å². The maximum Gasteiger partial charge on any atom is 0.177 e. The van der Waals surface area contributed by atoms with E-state index in [1.54, 1.807) is 0 Å². The molecule has 1 fully saturated rings. The molecule has 1 N–H and O–H groups in total. The summed E-state index contributed by atoms with van der Waals surface area (Å²) in [6.07, 6.45) is 4.49. The van der Waals surface area contributed by atoms with Crippen LogP contribution in [0.4, 0.5) is 11.4 Å². The van der Waals surface area contributed by atoms with Crippen molar-refractivity contribution in [3.63, 3.8) is 0 Å². The SMILES string of the molecule is CS(=O)(=O)c1ccc(NCc2ccccc2N2CCCC2)c(S(C)(=O)=O)c1. The van der Waals surface area contributed by atoms with Crippen LogP contribution in [0, 0.1) is 0 Å². The van der Waals surface area contributed by atoms with Crippen LogP contribution in [-0.2, 0) is 26.2 Å². The molecule has 2 aromatic rings. The van der Waals surface area contributed by atoms with Gasteiger partial charge in [-0.2, -0.15) is 0 Å². The average molecular weight is 409 g/mol. The molecule has 6 nitrogen and oxygen atoms in total. The first-order chi connectivity index (χ1) is 12.7. The average Bonchev–Trinajstić information content (AvgIpc) is 3.13. The van der Waals surface area contributed by atoms with Crippen LogP contribution in [0.1, 0.15) is 18.4 Å². The fourth-order valence-electron chi connectivity index (χ4n) is 3.30. The third-order valence-corrected chi connectivity index (χ3v) is 6.94. The molecule has 1 aliphatic heterocycles. The van der Waals surface area contributed by atoms with Crippen LogP contribution in [-0.4, -0.2) is 42.4 Å². The number of rotatable bonds is 6. The molecule has 0 radical (unpaired) electrons. The first kappa shape index (κ1) is 19.7. The number of benzene rings is 2. The van der Waals surface area contributed by atoms with Gasteiger partial charge in [0.05, 0.1) is 15.5 Å². The molecule has 0 saturated carbocycles. The van der Waals surface area contributed by atoms with Crippen molar-refractivity contribution in [1.29, 1.82) is 0 Å². The van der Waals surface area contributed by atoms with Crippen molar-refractivity contribution in [3.8, 4) is 0 Å². The van der Waals surface area contributed by atoms with Crippen molar-refractivity contribution in [2.75, 3.05) is 35.8 Å². The van der Waals surface area contributed by atoms with Crippen LogP contribution in [0.2, 0.25) is 0 Å². The predicted octanol–water partition coefficient (Wildman–Crippen LogP) is 2.71. The molecule has 2 aromatic carbocycles. The number of nitrogens with one attached hydrogen (secondary N) is 1. The molecule has 1 aliphatic rings. The number of hydrogen-bond donors (Lipinski definition) is 1. The molecule has 146 valence electrons. The van der Waals surface area contributed by atoms with E-state index in [4.69, 9.17) is 0 Å². The molecular formula is C19H24N2O4S2. The molecule has 0 spiro atoms. The van der Waals surface area contributed by atoms with Crippen LogP contribution in [0.15, 0.2) is 52.3 Å². The lowest BCUT2D eigenvalue weighted by Crippen LogP contribution is -2.20. The number of anilines is 2. The second-order valence-corrected chi connectivity index (χ2v) is 10.9. The van der Waals surface area contributed by atoms with Crippen molar-refractivity contribution in [3.05, 3.63) is 48.0 Å². The van der Waals surface area contributed by atoms with Gasteiger partial charge in [-0.3, -0.25) is 0 Å². The van der Waals surface area contributed by atoms with Gasteiger partial charge in [-0.15, -0.1) is 0 Å². The zero-order valence-corrected chi connectivity index (χ0v) is 17.1. The number of hydrogen-bond acceptors (Lipinski definition) is 6. The quantitative estimate of drug-likeness (QED) is 0.791. The second-order valence-electron chi connectivity index (χ2n) is 6.88. The van der Waals surface area contributed by atoms with Gasteiger partial charge in [0.15, 0.2) is 19.7 Å². The molecule has 1 saturated heterocycles. The summed E-state index contributed by atoms with van der Waals surface area (Å²) >= 11 is 0. The molecule has 0 bridgehead atoms. The molecule has 0 amide bonds. The summed E-state index contributed by atoms with van der Waals surface area (Å²) in [6.45, 7) is 2.50. The third-order valence-electron chi connectivity index (χ3n) is 4.69. The highest BCUT2D eigenvalue weighted by Crippen LogP contribution is 2.28. The van der Waals surface area contributed by atoms with Gasteiger partial charge >= 0.3 is 0 Å². The number of sulfone groups is 2. The highest BCUT2D eigenvalue weighted by molar-refractivity contribution is 7.91. The fourth-order valence-corrected chi connectivity index (χ4v) is 4.91. The molecule has 8 heteroatoms. The van der Waals surface area contributed by atoms with Crippen LogP contribution in [0.25, 0.3) is 0 Å². The third kappa shape index (κ3) is 4.62. The Bertz CT molecular complexity index is 1040. The molecule has 0 atom stereocenters. The van der Waals surface area contributed by atoms with Gasteiger partial charge in [0, 0.05) is 37.8 Å². The van der Waals surface area contributed by atoms with Gasteiger partial charge in [-0.05, 0) is 42.7 Å². The summed E-state index contributed by atoms with van der Waals surface area (Å²) in [6, 6.07) is 12.2. The summed E-state index contributed by atoms with van der Waals surface area (Å²) in [5.41, 5.74) is 2.63. The van der Waals surface area contributed by atoms with Crippen molar-refractivity contribution in [1.82, 2.24) is 0 Å². The maximum absolute atomic E-state index is 12.2. The van der Waals surface area contributed by atoms with E-state index in [9.17, 15) is 16.8 Å². The summed E-state index contributed by atoms with van der Waals surface area (Å²) in [5, 5.41) is 3.18. The maximum atomic E-state index is 12.2. The molecule has 27 heavy (non-hydrogen) atoms. The Kier molecular flexibility index (Phi) is 5.48. The minimum Gasteiger partial charge on any atom is -0.380 e. The largest absolute Gasteiger partial charge is 0.380 e. The Labute approximate surface area is 161 Å². The van der Waals surface area contributed by atoms with Crippen LogP contribution < -0.4 is 10.2 Å². The summed E-state index contributed by atoms with van der Waals surface area (Å²) in [5.74, 6) is 0. The van der Waals surface area contributed by atoms with Crippen molar-refractivity contribution < 1.29 is 16.8 Å². The van der Waals surface area contributed by atoms with Crippen molar-refractivity contribution >= 4 is 31.0 Å². The Morgan fingerprint density at radius 3 is 2.22 bits per heavy atom. The summed E-state index contributed by atoms with van der Waals surface area (Å²) in [4.78, 5) is 2.32. The fraction of sp³-hybridized carbons (Fsp3) is 0.368. The van der Waals surface area contributed by atoms with Gasteiger partial charge in [-0.1, -0.05) is 18.2 Å². The van der Waals surface area contributed by atoms with E-state index in [1.807, 2.05) is 18.2 Å².